The molecule has 2 aromatic rings. The van der Waals surface area contributed by atoms with Crippen molar-refractivity contribution in [2.45, 2.75) is 24.8 Å². The van der Waals surface area contributed by atoms with E-state index in [2.05, 4.69) is 42.5 Å². The van der Waals surface area contributed by atoms with Gasteiger partial charge in [-0.15, -0.1) is 0 Å². The molecular weight excluding hydrogens is 234 g/mol. The summed E-state index contributed by atoms with van der Waals surface area (Å²) in [5.41, 5.74) is 3.72. The first-order chi connectivity index (χ1) is 9.34. The second-order valence-corrected chi connectivity index (χ2v) is 5.39. The summed E-state index contributed by atoms with van der Waals surface area (Å²) in [6.07, 6.45) is 1.63. The number of benzene rings is 2. The lowest BCUT2D eigenvalue weighted by Gasteiger charge is -2.20. The molecule has 94 valence electrons. The highest BCUT2D eigenvalue weighted by Crippen LogP contribution is 2.45. The van der Waals surface area contributed by atoms with Gasteiger partial charge in [0.15, 0.2) is 0 Å². The molecule has 0 aliphatic carbocycles. The molecule has 0 spiro atoms. The fourth-order valence-electron chi connectivity index (χ4n) is 3.52. The monoisotopic (exact) mass is 249 g/mol. The number of carbonyl (C=O) groups is 1. The second-order valence-electron chi connectivity index (χ2n) is 5.39. The number of rotatable bonds is 1. The highest BCUT2D eigenvalue weighted by molar-refractivity contribution is 5.99. The van der Waals surface area contributed by atoms with Gasteiger partial charge in [0.25, 0.3) is 0 Å². The van der Waals surface area contributed by atoms with Crippen LogP contribution in [0.1, 0.15) is 23.5 Å². The summed E-state index contributed by atoms with van der Waals surface area (Å²) < 4.78 is 0. The molecule has 2 heterocycles. The van der Waals surface area contributed by atoms with Crippen molar-refractivity contribution >= 4 is 11.6 Å². The molecule has 1 amide bonds. The van der Waals surface area contributed by atoms with Crippen LogP contribution in [0.4, 0.5) is 5.69 Å². The van der Waals surface area contributed by atoms with Crippen LogP contribution in [0.3, 0.4) is 0 Å². The predicted molar refractivity (Wildman–Crippen MR) is 75.2 cm³/mol. The Hall–Kier alpha value is -2.09. The third-order valence-corrected chi connectivity index (χ3v) is 4.37. The Kier molecular flexibility index (Phi) is 2.25. The maximum atomic E-state index is 12.3. The molecule has 0 N–H and O–H groups in total. The highest BCUT2D eigenvalue weighted by atomic mass is 16.2. The maximum absolute atomic E-state index is 12.3. The number of amides is 1. The van der Waals surface area contributed by atoms with Crippen molar-refractivity contribution in [2.24, 2.45) is 0 Å². The Morgan fingerprint density at radius 2 is 1.63 bits per heavy atom. The molecule has 2 nitrogen and oxygen atoms in total. The lowest BCUT2D eigenvalue weighted by atomic mass is 9.89. The molecule has 1 fully saturated rings. The lowest BCUT2D eigenvalue weighted by Crippen LogP contribution is -2.31. The predicted octanol–water partition coefficient (Wildman–Crippen LogP) is 3.13. The van der Waals surface area contributed by atoms with Crippen LogP contribution in [0, 0.1) is 0 Å². The van der Waals surface area contributed by atoms with E-state index in [0.717, 1.165) is 12.1 Å². The number of carbonyl (C=O) groups excluding carboxylic acids is 1. The Morgan fingerprint density at radius 3 is 2.47 bits per heavy atom. The largest absolute Gasteiger partial charge is 0.308 e. The molecule has 0 radical (unpaired) electrons. The third-order valence-electron chi connectivity index (χ3n) is 4.37. The van der Waals surface area contributed by atoms with E-state index in [0.29, 0.717) is 18.4 Å². The van der Waals surface area contributed by atoms with E-state index in [9.17, 15) is 4.79 Å². The number of hydrogen-bond donors (Lipinski definition) is 0. The molecule has 4 rings (SSSR count). The van der Waals surface area contributed by atoms with Gasteiger partial charge in [0.1, 0.15) is 0 Å². The first-order valence-corrected chi connectivity index (χ1v) is 6.79. The van der Waals surface area contributed by atoms with Crippen LogP contribution >= 0.6 is 0 Å². The number of fused-ring (bicyclic) bond motifs is 3. The summed E-state index contributed by atoms with van der Waals surface area (Å²) in [5, 5.41) is 0. The molecule has 2 atom stereocenters. The van der Waals surface area contributed by atoms with Crippen molar-refractivity contribution in [3.8, 4) is 0 Å². The zero-order valence-electron chi connectivity index (χ0n) is 10.6. The van der Waals surface area contributed by atoms with Crippen LogP contribution in [-0.2, 0) is 11.2 Å². The fourth-order valence-corrected chi connectivity index (χ4v) is 3.52. The standard InChI is InChI=1S/C17H15NO/c19-17-11-14(12-6-2-1-3-7-12)16-10-13-8-4-5-9-15(13)18(16)17/h1-9,14,16H,10-11H2/t14-,16+/m0/s1. The summed E-state index contributed by atoms with van der Waals surface area (Å²) in [6, 6.07) is 19.0. The quantitative estimate of drug-likeness (QED) is 0.760. The number of anilines is 1. The zero-order chi connectivity index (χ0) is 12.8. The number of nitrogens with zero attached hydrogens (tertiary/aromatic N) is 1. The van der Waals surface area contributed by atoms with Crippen molar-refractivity contribution in [1.82, 2.24) is 0 Å². The molecule has 1 saturated heterocycles. The Bertz CT molecular complexity index is 635. The number of hydrogen-bond acceptors (Lipinski definition) is 1. The average Bonchev–Trinajstić information content (AvgIpc) is 2.98. The minimum atomic E-state index is 0.267. The lowest BCUT2D eigenvalue weighted by molar-refractivity contribution is -0.117. The van der Waals surface area contributed by atoms with Crippen LogP contribution in [0.5, 0.6) is 0 Å². The van der Waals surface area contributed by atoms with E-state index < -0.39 is 0 Å². The molecule has 0 bridgehead atoms. The minimum Gasteiger partial charge on any atom is -0.308 e. The van der Waals surface area contributed by atoms with Crippen LogP contribution in [0.25, 0.3) is 0 Å². The number of para-hydroxylation sites is 1. The van der Waals surface area contributed by atoms with Crippen LogP contribution < -0.4 is 4.90 Å². The van der Waals surface area contributed by atoms with E-state index in [1.165, 1.54) is 11.1 Å². The van der Waals surface area contributed by atoms with Crippen LogP contribution in [-0.4, -0.2) is 11.9 Å². The summed E-state index contributed by atoms with van der Waals surface area (Å²) in [4.78, 5) is 14.3. The Morgan fingerprint density at radius 1 is 0.895 bits per heavy atom. The van der Waals surface area contributed by atoms with Crippen molar-refractivity contribution in [3.63, 3.8) is 0 Å². The molecule has 2 aliphatic heterocycles. The van der Waals surface area contributed by atoms with Gasteiger partial charge in [0.2, 0.25) is 5.91 Å². The molecule has 19 heavy (non-hydrogen) atoms. The van der Waals surface area contributed by atoms with E-state index in [4.69, 9.17) is 0 Å². The molecule has 0 aromatic heterocycles. The Balaban J connectivity index is 1.76. The van der Waals surface area contributed by atoms with E-state index in [-0.39, 0.29) is 5.91 Å². The molecular formula is C17H15NO. The van der Waals surface area contributed by atoms with Gasteiger partial charge in [-0.05, 0) is 23.6 Å². The van der Waals surface area contributed by atoms with Crippen LogP contribution in [0.2, 0.25) is 0 Å². The van der Waals surface area contributed by atoms with Gasteiger partial charge in [-0.2, -0.15) is 0 Å². The van der Waals surface area contributed by atoms with E-state index in [1.54, 1.807) is 0 Å². The van der Waals surface area contributed by atoms with Crippen molar-refractivity contribution in [3.05, 3.63) is 65.7 Å². The zero-order valence-corrected chi connectivity index (χ0v) is 10.6. The Labute approximate surface area is 112 Å². The minimum absolute atomic E-state index is 0.267. The normalized spacial score (nSPS) is 24.4. The SMILES string of the molecule is O=C1C[C@@H](c2ccccc2)[C@H]2Cc3ccccc3N12. The second kappa shape index (κ2) is 3.95. The van der Waals surface area contributed by atoms with Gasteiger partial charge < -0.3 is 4.90 Å². The molecule has 0 unspecified atom stereocenters. The van der Waals surface area contributed by atoms with Crippen LogP contribution in [0.15, 0.2) is 54.6 Å². The van der Waals surface area contributed by atoms with E-state index in [1.807, 2.05) is 17.0 Å². The van der Waals surface area contributed by atoms with Crippen molar-refractivity contribution < 1.29 is 4.79 Å². The van der Waals surface area contributed by atoms with E-state index >= 15 is 0 Å². The topological polar surface area (TPSA) is 20.3 Å². The average molecular weight is 249 g/mol. The molecule has 0 saturated carbocycles. The highest BCUT2D eigenvalue weighted by Gasteiger charge is 2.45. The summed E-state index contributed by atoms with van der Waals surface area (Å²) in [6.45, 7) is 0. The third kappa shape index (κ3) is 1.53. The summed E-state index contributed by atoms with van der Waals surface area (Å²) >= 11 is 0. The summed E-state index contributed by atoms with van der Waals surface area (Å²) in [7, 11) is 0. The van der Waals surface area contributed by atoms with Gasteiger partial charge in [0, 0.05) is 24.1 Å². The van der Waals surface area contributed by atoms with Gasteiger partial charge in [-0.25, -0.2) is 0 Å². The first kappa shape index (κ1) is 10.8. The van der Waals surface area contributed by atoms with Gasteiger partial charge in [0.05, 0.1) is 0 Å². The van der Waals surface area contributed by atoms with Gasteiger partial charge in [-0.1, -0.05) is 48.5 Å². The van der Waals surface area contributed by atoms with Gasteiger partial charge in [-0.3, -0.25) is 4.79 Å². The molecule has 2 aromatic carbocycles. The molecule has 2 aliphatic rings. The van der Waals surface area contributed by atoms with Crippen molar-refractivity contribution in [2.75, 3.05) is 4.90 Å². The maximum Gasteiger partial charge on any atom is 0.227 e. The first-order valence-electron chi connectivity index (χ1n) is 6.79. The smallest absolute Gasteiger partial charge is 0.227 e. The molecule has 2 heteroatoms. The fraction of sp³-hybridized carbons (Fsp3) is 0.235. The van der Waals surface area contributed by atoms with Crippen molar-refractivity contribution in [1.29, 1.82) is 0 Å². The van der Waals surface area contributed by atoms with Gasteiger partial charge >= 0.3 is 0 Å². The summed E-state index contributed by atoms with van der Waals surface area (Å²) in [5.74, 6) is 0.602.